The van der Waals surface area contributed by atoms with Crippen LogP contribution in [0.3, 0.4) is 0 Å². The summed E-state index contributed by atoms with van der Waals surface area (Å²) in [7, 11) is 0. The van der Waals surface area contributed by atoms with Gasteiger partial charge in [-0.3, -0.25) is 0 Å². The molecule has 88 valence electrons. The number of aliphatic hydroxyl groups is 1. The van der Waals surface area contributed by atoms with E-state index in [0.29, 0.717) is 6.42 Å². The third-order valence-electron chi connectivity index (χ3n) is 3.30. The monoisotopic (exact) mass is 240 g/mol. The Morgan fingerprint density at radius 3 is 2.69 bits per heavy atom. The van der Waals surface area contributed by atoms with Crippen LogP contribution in [0.5, 0.6) is 0 Å². The van der Waals surface area contributed by atoms with E-state index in [1.807, 2.05) is 11.8 Å². The summed E-state index contributed by atoms with van der Waals surface area (Å²) in [5.41, 5.74) is 1.00. The van der Waals surface area contributed by atoms with E-state index in [0.717, 1.165) is 17.7 Å². The summed E-state index contributed by atoms with van der Waals surface area (Å²) in [5, 5.41) is 10.2. The third-order valence-corrected chi connectivity index (χ3v) is 4.92. The fourth-order valence-electron chi connectivity index (χ4n) is 2.12. The second-order valence-electron chi connectivity index (χ2n) is 4.61. The van der Waals surface area contributed by atoms with Crippen LogP contribution in [-0.2, 0) is 6.42 Å². The maximum Gasteiger partial charge on any atom is 0.123 e. The molecule has 1 N–H and O–H groups in total. The predicted molar refractivity (Wildman–Crippen MR) is 66.2 cm³/mol. The Morgan fingerprint density at radius 1 is 1.44 bits per heavy atom. The first-order valence-electron chi connectivity index (χ1n) is 5.67. The maximum atomic E-state index is 12.7. The lowest BCUT2D eigenvalue weighted by molar-refractivity contribution is 0.133. The van der Waals surface area contributed by atoms with E-state index >= 15 is 0 Å². The van der Waals surface area contributed by atoms with Gasteiger partial charge in [-0.25, -0.2) is 4.39 Å². The van der Waals surface area contributed by atoms with Crippen LogP contribution >= 0.6 is 11.8 Å². The molecule has 2 atom stereocenters. The van der Waals surface area contributed by atoms with E-state index < -0.39 is 0 Å². The SMILES string of the molecule is CC1(C(O)Cc2ccc(F)cc2)CCCS1. The largest absolute Gasteiger partial charge is 0.391 e. The average molecular weight is 240 g/mol. The minimum absolute atomic E-state index is 0.0195. The van der Waals surface area contributed by atoms with E-state index in [9.17, 15) is 9.50 Å². The predicted octanol–water partition coefficient (Wildman–Crippen LogP) is 3.01. The van der Waals surface area contributed by atoms with Gasteiger partial charge in [-0.15, -0.1) is 0 Å². The second-order valence-corrected chi connectivity index (χ2v) is 6.24. The zero-order valence-corrected chi connectivity index (χ0v) is 10.3. The first kappa shape index (κ1) is 11.9. The van der Waals surface area contributed by atoms with Crippen molar-refractivity contribution in [2.45, 2.75) is 37.0 Å². The highest BCUT2D eigenvalue weighted by molar-refractivity contribution is 8.00. The van der Waals surface area contributed by atoms with Gasteiger partial charge in [0, 0.05) is 4.75 Å². The fourth-order valence-corrected chi connectivity index (χ4v) is 3.44. The van der Waals surface area contributed by atoms with Crippen molar-refractivity contribution in [1.29, 1.82) is 0 Å². The smallest absolute Gasteiger partial charge is 0.123 e. The fraction of sp³-hybridized carbons (Fsp3) is 0.538. The van der Waals surface area contributed by atoms with Crippen molar-refractivity contribution in [1.82, 2.24) is 0 Å². The minimum Gasteiger partial charge on any atom is -0.391 e. The lowest BCUT2D eigenvalue weighted by atomic mass is 9.93. The molecule has 1 aliphatic rings. The van der Waals surface area contributed by atoms with E-state index in [4.69, 9.17) is 0 Å². The molecule has 0 aliphatic carbocycles. The topological polar surface area (TPSA) is 20.2 Å². The normalized spacial score (nSPS) is 26.9. The molecule has 1 nitrogen and oxygen atoms in total. The van der Waals surface area contributed by atoms with Gasteiger partial charge in [0.1, 0.15) is 5.82 Å². The quantitative estimate of drug-likeness (QED) is 0.876. The molecule has 0 radical (unpaired) electrons. The Balaban J connectivity index is 2.01. The van der Waals surface area contributed by atoms with Gasteiger partial charge >= 0.3 is 0 Å². The molecule has 16 heavy (non-hydrogen) atoms. The van der Waals surface area contributed by atoms with Crippen LogP contribution in [0.15, 0.2) is 24.3 Å². The molecule has 0 saturated carbocycles. The van der Waals surface area contributed by atoms with Gasteiger partial charge in [-0.2, -0.15) is 11.8 Å². The van der Waals surface area contributed by atoms with Crippen LogP contribution in [0, 0.1) is 5.82 Å². The Kier molecular flexibility index (Phi) is 3.55. The molecule has 0 amide bonds. The van der Waals surface area contributed by atoms with Crippen LogP contribution in [0.2, 0.25) is 0 Å². The number of hydrogen-bond acceptors (Lipinski definition) is 2. The highest BCUT2D eigenvalue weighted by atomic mass is 32.2. The van der Waals surface area contributed by atoms with Crippen LogP contribution in [0.4, 0.5) is 4.39 Å². The molecule has 2 rings (SSSR count). The van der Waals surface area contributed by atoms with Gasteiger partial charge in [0.25, 0.3) is 0 Å². The van der Waals surface area contributed by atoms with Gasteiger partial charge in [-0.1, -0.05) is 12.1 Å². The Morgan fingerprint density at radius 2 is 2.12 bits per heavy atom. The van der Waals surface area contributed by atoms with Crippen LogP contribution in [0.25, 0.3) is 0 Å². The number of halogens is 1. The van der Waals surface area contributed by atoms with Crippen LogP contribution < -0.4 is 0 Å². The third kappa shape index (κ3) is 2.58. The Hall–Kier alpha value is -0.540. The van der Waals surface area contributed by atoms with E-state index in [1.165, 1.54) is 18.6 Å². The van der Waals surface area contributed by atoms with Gasteiger partial charge in [0.15, 0.2) is 0 Å². The summed E-state index contributed by atoms with van der Waals surface area (Å²) in [6.45, 7) is 2.12. The molecular formula is C13H17FOS. The van der Waals surface area contributed by atoms with Gasteiger partial charge in [0.05, 0.1) is 6.10 Å². The molecular weight excluding hydrogens is 223 g/mol. The van der Waals surface area contributed by atoms with E-state index in [2.05, 4.69) is 6.92 Å². The summed E-state index contributed by atoms with van der Waals surface area (Å²) in [6.07, 6.45) is 2.52. The summed E-state index contributed by atoms with van der Waals surface area (Å²) in [6, 6.07) is 6.40. The molecule has 2 unspecified atom stereocenters. The number of hydrogen-bond donors (Lipinski definition) is 1. The molecule has 0 aromatic heterocycles. The van der Waals surface area contributed by atoms with Crippen molar-refractivity contribution in [2.24, 2.45) is 0 Å². The number of benzene rings is 1. The summed E-state index contributed by atoms with van der Waals surface area (Å²) >= 11 is 1.85. The van der Waals surface area contributed by atoms with E-state index in [-0.39, 0.29) is 16.7 Å². The molecule has 1 aromatic rings. The minimum atomic E-state index is -0.342. The standard InChI is InChI=1S/C13H17FOS/c1-13(7-2-8-16-13)12(15)9-10-3-5-11(14)6-4-10/h3-6,12,15H,2,7-9H2,1H3. The lowest BCUT2D eigenvalue weighted by Gasteiger charge is -2.29. The molecule has 0 spiro atoms. The van der Waals surface area contributed by atoms with Crippen molar-refractivity contribution in [3.8, 4) is 0 Å². The Labute approximate surface area is 100 Å². The van der Waals surface area contributed by atoms with Crippen LogP contribution in [-0.4, -0.2) is 21.7 Å². The maximum absolute atomic E-state index is 12.7. The molecule has 1 saturated heterocycles. The lowest BCUT2D eigenvalue weighted by Crippen LogP contribution is -2.35. The van der Waals surface area contributed by atoms with Crippen molar-refractivity contribution >= 4 is 11.8 Å². The molecule has 0 bridgehead atoms. The number of thioether (sulfide) groups is 1. The number of aliphatic hydroxyl groups excluding tert-OH is 1. The summed E-state index contributed by atoms with van der Waals surface area (Å²) in [4.78, 5) is 0. The summed E-state index contributed by atoms with van der Waals surface area (Å²) < 4.78 is 12.7. The Bertz CT molecular complexity index is 343. The molecule has 3 heteroatoms. The van der Waals surface area contributed by atoms with Crippen molar-refractivity contribution in [3.63, 3.8) is 0 Å². The highest BCUT2D eigenvalue weighted by Crippen LogP contribution is 2.41. The van der Waals surface area contributed by atoms with Crippen LogP contribution in [0.1, 0.15) is 25.3 Å². The van der Waals surface area contributed by atoms with Gasteiger partial charge in [-0.05, 0) is 49.6 Å². The first-order chi connectivity index (χ1) is 7.60. The molecule has 1 fully saturated rings. The number of rotatable bonds is 3. The van der Waals surface area contributed by atoms with E-state index in [1.54, 1.807) is 12.1 Å². The zero-order chi connectivity index (χ0) is 11.6. The first-order valence-corrected chi connectivity index (χ1v) is 6.65. The van der Waals surface area contributed by atoms with Gasteiger partial charge < -0.3 is 5.11 Å². The second kappa shape index (κ2) is 4.76. The summed E-state index contributed by atoms with van der Waals surface area (Å²) in [5.74, 6) is 0.913. The van der Waals surface area contributed by atoms with Gasteiger partial charge in [0.2, 0.25) is 0 Å². The van der Waals surface area contributed by atoms with Crippen molar-refractivity contribution in [3.05, 3.63) is 35.6 Å². The molecule has 1 aliphatic heterocycles. The average Bonchev–Trinajstić information content (AvgIpc) is 2.70. The highest BCUT2D eigenvalue weighted by Gasteiger charge is 2.36. The van der Waals surface area contributed by atoms with Crippen molar-refractivity contribution < 1.29 is 9.50 Å². The molecule has 1 aromatic carbocycles. The zero-order valence-electron chi connectivity index (χ0n) is 9.45. The molecule has 1 heterocycles. The van der Waals surface area contributed by atoms with Crippen molar-refractivity contribution in [2.75, 3.05) is 5.75 Å².